The molecule has 144 valence electrons. The summed E-state index contributed by atoms with van der Waals surface area (Å²) in [5.74, 6) is -0.227. The van der Waals surface area contributed by atoms with Crippen molar-refractivity contribution in [3.63, 3.8) is 0 Å². The molecule has 27 heavy (non-hydrogen) atoms. The number of amides is 1. The molecule has 1 amide bonds. The molecular formula is C22H29N3O2. The van der Waals surface area contributed by atoms with Gasteiger partial charge in [0.25, 0.3) is 11.5 Å². The third-order valence-corrected chi connectivity index (χ3v) is 6.29. The molecule has 1 N–H and O–H groups in total. The number of para-hydroxylation sites is 1. The number of pyridine rings is 1. The standard InChI is InChI=1S/C22H29N3O2/c1-4-24-17-9-10-18(24)13-16(12-17)23-21(26)19-11-15-7-5-6-8-20(15)25(14(2)3)22(19)27/h5-8,11,14,16-18H,4,9-10,12-13H2,1-3H3,(H,23,26)/t16?,17-,18+. The number of piperidine rings is 1. The topological polar surface area (TPSA) is 54.3 Å². The van der Waals surface area contributed by atoms with Crippen LogP contribution in [0.25, 0.3) is 10.9 Å². The Kier molecular flexibility index (Phi) is 4.81. The average Bonchev–Trinajstić information content (AvgIpc) is 2.89. The number of benzene rings is 1. The van der Waals surface area contributed by atoms with Crippen LogP contribution in [0.3, 0.4) is 0 Å². The van der Waals surface area contributed by atoms with Crippen LogP contribution in [-0.2, 0) is 0 Å². The maximum Gasteiger partial charge on any atom is 0.264 e. The maximum atomic E-state index is 13.0. The van der Waals surface area contributed by atoms with Gasteiger partial charge in [-0.25, -0.2) is 0 Å². The van der Waals surface area contributed by atoms with Crippen LogP contribution in [0.1, 0.15) is 62.9 Å². The van der Waals surface area contributed by atoms with Crippen LogP contribution in [0.5, 0.6) is 0 Å². The molecule has 3 atom stereocenters. The zero-order valence-electron chi connectivity index (χ0n) is 16.4. The Labute approximate surface area is 160 Å². The van der Waals surface area contributed by atoms with E-state index < -0.39 is 0 Å². The summed E-state index contributed by atoms with van der Waals surface area (Å²) in [7, 11) is 0. The minimum absolute atomic E-state index is 0.00112. The van der Waals surface area contributed by atoms with Crippen LogP contribution in [0.4, 0.5) is 0 Å². The molecule has 5 heteroatoms. The van der Waals surface area contributed by atoms with Crippen molar-refractivity contribution in [3.8, 4) is 0 Å². The molecule has 0 spiro atoms. The van der Waals surface area contributed by atoms with E-state index in [2.05, 4.69) is 17.1 Å². The zero-order valence-corrected chi connectivity index (χ0v) is 16.4. The predicted molar refractivity (Wildman–Crippen MR) is 108 cm³/mol. The van der Waals surface area contributed by atoms with Crippen molar-refractivity contribution < 1.29 is 4.79 Å². The summed E-state index contributed by atoms with van der Waals surface area (Å²) in [6.45, 7) is 7.26. The van der Waals surface area contributed by atoms with Crippen molar-refractivity contribution in [2.24, 2.45) is 0 Å². The summed E-state index contributed by atoms with van der Waals surface area (Å²) in [5.41, 5.74) is 0.936. The van der Waals surface area contributed by atoms with Crippen molar-refractivity contribution in [1.29, 1.82) is 0 Å². The summed E-state index contributed by atoms with van der Waals surface area (Å²) in [6.07, 6.45) is 4.42. The second-order valence-electron chi connectivity index (χ2n) is 8.24. The highest BCUT2D eigenvalue weighted by atomic mass is 16.2. The van der Waals surface area contributed by atoms with Crippen molar-refractivity contribution in [1.82, 2.24) is 14.8 Å². The third-order valence-electron chi connectivity index (χ3n) is 6.29. The molecular weight excluding hydrogens is 338 g/mol. The molecule has 1 unspecified atom stereocenters. The number of nitrogens with zero attached hydrogens (tertiary/aromatic N) is 2. The van der Waals surface area contributed by atoms with E-state index in [1.165, 1.54) is 12.8 Å². The van der Waals surface area contributed by atoms with E-state index in [-0.39, 0.29) is 29.1 Å². The Bertz CT molecular complexity index is 903. The van der Waals surface area contributed by atoms with Crippen molar-refractivity contribution in [3.05, 3.63) is 46.2 Å². The lowest BCUT2D eigenvalue weighted by Gasteiger charge is -2.38. The third kappa shape index (κ3) is 3.18. The van der Waals surface area contributed by atoms with Gasteiger partial charge >= 0.3 is 0 Å². The van der Waals surface area contributed by atoms with Gasteiger partial charge in [0.1, 0.15) is 5.56 Å². The molecule has 0 saturated carbocycles. The number of hydrogen-bond donors (Lipinski definition) is 1. The highest BCUT2D eigenvalue weighted by Gasteiger charge is 2.40. The molecule has 0 radical (unpaired) electrons. The lowest BCUT2D eigenvalue weighted by atomic mass is 9.97. The molecule has 1 aromatic heterocycles. The van der Waals surface area contributed by atoms with E-state index in [0.29, 0.717) is 12.1 Å². The smallest absolute Gasteiger partial charge is 0.264 e. The van der Waals surface area contributed by atoms with Gasteiger partial charge in [-0.1, -0.05) is 25.1 Å². The molecule has 2 aliphatic heterocycles. The van der Waals surface area contributed by atoms with Crippen LogP contribution >= 0.6 is 0 Å². The van der Waals surface area contributed by atoms with Gasteiger partial charge in [0.15, 0.2) is 0 Å². The highest BCUT2D eigenvalue weighted by molar-refractivity contribution is 5.97. The number of carbonyl (C=O) groups excluding carboxylic acids is 1. The van der Waals surface area contributed by atoms with Gasteiger partial charge in [0, 0.05) is 24.2 Å². The first-order chi connectivity index (χ1) is 13.0. The van der Waals surface area contributed by atoms with Crippen LogP contribution in [0.2, 0.25) is 0 Å². The Balaban J connectivity index is 1.62. The molecule has 0 aliphatic carbocycles. The number of carbonyl (C=O) groups is 1. The molecule has 5 nitrogen and oxygen atoms in total. The van der Waals surface area contributed by atoms with Gasteiger partial charge in [-0.2, -0.15) is 0 Å². The quantitative estimate of drug-likeness (QED) is 0.902. The van der Waals surface area contributed by atoms with E-state index in [9.17, 15) is 9.59 Å². The summed E-state index contributed by atoms with van der Waals surface area (Å²) in [4.78, 5) is 28.6. The predicted octanol–water partition coefficient (Wildman–Crippen LogP) is 3.33. The monoisotopic (exact) mass is 367 g/mol. The Hall–Kier alpha value is -2.14. The minimum atomic E-state index is -0.227. The van der Waals surface area contributed by atoms with E-state index in [0.717, 1.165) is 30.3 Å². The average molecular weight is 367 g/mol. The molecule has 2 aliphatic rings. The van der Waals surface area contributed by atoms with Crippen LogP contribution in [-0.4, -0.2) is 40.0 Å². The first-order valence-corrected chi connectivity index (χ1v) is 10.2. The largest absolute Gasteiger partial charge is 0.349 e. The molecule has 2 fully saturated rings. The van der Waals surface area contributed by atoms with Crippen LogP contribution in [0.15, 0.2) is 35.1 Å². The van der Waals surface area contributed by atoms with Gasteiger partial charge in [-0.05, 0) is 63.6 Å². The van der Waals surface area contributed by atoms with Gasteiger partial charge in [-0.3, -0.25) is 14.5 Å². The fraction of sp³-hybridized carbons (Fsp3) is 0.545. The summed E-state index contributed by atoms with van der Waals surface area (Å²) >= 11 is 0. The van der Waals surface area contributed by atoms with Crippen LogP contribution < -0.4 is 10.9 Å². The summed E-state index contributed by atoms with van der Waals surface area (Å²) < 4.78 is 1.73. The zero-order chi connectivity index (χ0) is 19.1. The first-order valence-electron chi connectivity index (χ1n) is 10.2. The molecule has 4 rings (SSSR count). The van der Waals surface area contributed by atoms with Gasteiger partial charge < -0.3 is 9.88 Å². The molecule has 2 bridgehead atoms. The normalized spacial score (nSPS) is 25.3. The lowest BCUT2D eigenvalue weighted by molar-refractivity contribution is 0.0855. The Morgan fingerprint density at radius 3 is 2.48 bits per heavy atom. The second-order valence-corrected chi connectivity index (χ2v) is 8.24. The molecule has 2 saturated heterocycles. The first kappa shape index (κ1) is 18.2. The lowest BCUT2D eigenvalue weighted by Crippen LogP contribution is -2.50. The second kappa shape index (κ2) is 7.12. The number of nitrogens with one attached hydrogen (secondary N) is 1. The van der Waals surface area contributed by atoms with Crippen molar-refractivity contribution in [2.75, 3.05) is 6.54 Å². The SMILES string of the molecule is CCN1[C@@H]2CC[C@H]1CC(NC(=O)c1cc3ccccc3n(C(C)C)c1=O)C2. The fourth-order valence-electron chi connectivity index (χ4n) is 5.13. The summed E-state index contributed by atoms with van der Waals surface area (Å²) in [6, 6.07) is 10.8. The van der Waals surface area contributed by atoms with Gasteiger partial charge in [0.2, 0.25) is 0 Å². The van der Waals surface area contributed by atoms with E-state index in [1.807, 2.05) is 38.1 Å². The van der Waals surface area contributed by atoms with Crippen molar-refractivity contribution >= 4 is 16.8 Å². The highest BCUT2D eigenvalue weighted by Crippen LogP contribution is 2.35. The number of aromatic nitrogens is 1. The van der Waals surface area contributed by atoms with E-state index >= 15 is 0 Å². The molecule has 3 heterocycles. The van der Waals surface area contributed by atoms with Gasteiger partial charge in [0.05, 0.1) is 5.52 Å². The summed E-state index contributed by atoms with van der Waals surface area (Å²) in [5, 5.41) is 4.10. The Morgan fingerprint density at radius 2 is 1.85 bits per heavy atom. The Morgan fingerprint density at radius 1 is 1.19 bits per heavy atom. The number of rotatable bonds is 4. The number of hydrogen-bond acceptors (Lipinski definition) is 3. The van der Waals surface area contributed by atoms with Crippen LogP contribution in [0, 0.1) is 0 Å². The van der Waals surface area contributed by atoms with Gasteiger partial charge in [-0.15, -0.1) is 0 Å². The van der Waals surface area contributed by atoms with E-state index in [1.54, 1.807) is 10.6 Å². The van der Waals surface area contributed by atoms with Crippen molar-refractivity contribution in [2.45, 2.75) is 70.6 Å². The number of fused-ring (bicyclic) bond motifs is 3. The minimum Gasteiger partial charge on any atom is -0.349 e. The maximum absolute atomic E-state index is 13.0. The molecule has 2 aromatic rings. The molecule has 1 aromatic carbocycles. The van der Waals surface area contributed by atoms with E-state index in [4.69, 9.17) is 0 Å². The fourth-order valence-corrected chi connectivity index (χ4v) is 5.13.